The highest BCUT2D eigenvalue weighted by Crippen LogP contribution is 2.44. The number of rotatable bonds is 8. The summed E-state index contributed by atoms with van der Waals surface area (Å²) in [6.45, 7) is 3.72. The highest BCUT2D eigenvalue weighted by atomic mass is 16.5. The van der Waals surface area contributed by atoms with Crippen LogP contribution in [0, 0.1) is 6.92 Å². The minimum absolute atomic E-state index is 0.160. The van der Waals surface area contributed by atoms with E-state index in [2.05, 4.69) is 4.90 Å². The molecule has 0 aliphatic carbocycles. The molecule has 0 radical (unpaired) electrons. The predicted molar refractivity (Wildman–Crippen MR) is 143 cm³/mol. The average molecular weight is 518 g/mol. The van der Waals surface area contributed by atoms with Gasteiger partial charge in [0.25, 0.3) is 0 Å². The molecule has 0 saturated carbocycles. The van der Waals surface area contributed by atoms with E-state index in [0.717, 1.165) is 35.4 Å². The van der Waals surface area contributed by atoms with Gasteiger partial charge in [0, 0.05) is 18.7 Å². The molecular weight excluding hydrogens is 486 g/mol. The second-order valence-electron chi connectivity index (χ2n) is 9.19. The van der Waals surface area contributed by atoms with Crippen molar-refractivity contribution in [2.24, 2.45) is 0 Å². The maximum atomic E-state index is 13.4. The Morgan fingerprint density at radius 3 is 2.42 bits per heavy atom. The molecule has 0 N–H and O–H groups in total. The van der Waals surface area contributed by atoms with Gasteiger partial charge in [-0.2, -0.15) is 0 Å². The Morgan fingerprint density at radius 1 is 0.921 bits per heavy atom. The second kappa shape index (κ2) is 10.7. The number of benzene rings is 3. The molecule has 0 spiro atoms. The predicted octanol–water partition coefficient (Wildman–Crippen LogP) is 5.04. The molecule has 0 aromatic heterocycles. The molecule has 0 amide bonds. The van der Waals surface area contributed by atoms with Crippen LogP contribution in [0.3, 0.4) is 0 Å². The number of ketones is 1. The SMILES string of the molecule is COc1ccc(OC)c(/C=C2/Oc3c4c(cc(C)c3C2=O)OCN(CCc2ccc(OC)c(OC)c2)C4)c1. The Labute approximate surface area is 222 Å². The molecule has 2 aliphatic rings. The molecular formula is C30H31NO7. The van der Waals surface area contributed by atoms with Crippen LogP contribution >= 0.6 is 0 Å². The van der Waals surface area contributed by atoms with E-state index < -0.39 is 0 Å². The standard InChI is InChI=1S/C30H31NO7/c1-18-12-25-22(16-31(17-37-25)11-10-19-6-8-24(35-4)26(13-19)36-5)30-28(18)29(32)27(38-30)15-20-14-21(33-2)7-9-23(20)34-3/h6-9,12-15H,10-11,16-17H2,1-5H3/b27-15+. The van der Waals surface area contributed by atoms with Crippen LogP contribution in [0.2, 0.25) is 0 Å². The summed E-state index contributed by atoms with van der Waals surface area (Å²) in [5.74, 6) is 4.08. The van der Waals surface area contributed by atoms with Crippen molar-refractivity contribution in [3.05, 3.63) is 76.0 Å². The summed E-state index contributed by atoms with van der Waals surface area (Å²) in [6, 6.07) is 13.3. The molecule has 0 saturated heterocycles. The monoisotopic (exact) mass is 517 g/mol. The molecule has 2 aliphatic heterocycles. The first-order valence-electron chi connectivity index (χ1n) is 12.3. The highest BCUT2D eigenvalue weighted by molar-refractivity contribution is 6.16. The van der Waals surface area contributed by atoms with Gasteiger partial charge in [-0.15, -0.1) is 0 Å². The topological polar surface area (TPSA) is 75.7 Å². The lowest BCUT2D eigenvalue weighted by Crippen LogP contribution is -2.34. The van der Waals surface area contributed by atoms with E-state index in [1.165, 1.54) is 0 Å². The van der Waals surface area contributed by atoms with Gasteiger partial charge in [0.15, 0.2) is 17.3 Å². The number of aryl methyl sites for hydroxylation is 1. The van der Waals surface area contributed by atoms with Crippen LogP contribution in [0.1, 0.15) is 32.6 Å². The van der Waals surface area contributed by atoms with E-state index in [1.807, 2.05) is 37.3 Å². The molecule has 8 nitrogen and oxygen atoms in total. The number of hydrogen-bond donors (Lipinski definition) is 0. The summed E-state index contributed by atoms with van der Waals surface area (Å²) in [5.41, 5.74) is 4.10. The molecule has 2 heterocycles. The van der Waals surface area contributed by atoms with E-state index in [4.69, 9.17) is 28.4 Å². The van der Waals surface area contributed by atoms with E-state index in [9.17, 15) is 4.79 Å². The Kier molecular flexibility index (Phi) is 7.15. The van der Waals surface area contributed by atoms with Crippen molar-refractivity contribution in [2.45, 2.75) is 19.9 Å². The lowest BCUT2D eigenvalue weighted by Gasteiger charge is -2.30. The van der Waals surface area contributed by atoms with Gasteiger partial charge in [-0.3, -0.25) is 9.69 Å². The van der Waals surface area contributed by atoms with Gasteiger partial charge in [-0.1, -0.05) is 6.07 Å². The zero-order valence-corrected chi connectivity index (χ0v) is 22.3. The third-order valence-corrected chi connectivity index (χ3v) is 6.88. The van der Waals surface area contributed by atoms with Gasteiger partial charge in [0.2, 0.25) is 5.78 Å². The zero-order chi connectivity index (χ0) is 26.8. The molecule has 3 aromatic carbocycles. The van der Waals surface area contributed by atoms with Crippen LogP contribution in [-0.4, -0.2) is 52.4 Å². The van der Waals surface area contributed by atoms with Crippen molar-refractivity contribution in [1.82, 2.24) is 4.90 Å². The number of Topliss-reactive ketones (excluding diaryl/α,β-unsaturated/α-hetero) is 1. The average Bonchev–Trinajstić information content (AvgIpc) is 3.28. The van der Waals surface area contributed by atoms with Crippen LogP contribution in [-0.2, 0) is 13.0 Å². The van der Waals surface area contributed by atoms with Gasteiger partial charge in [-0.25, -0.2) is 0 Å². The fourth-order valence-corrected chi connectivity index (χ4v) is 4.84. The maximum Gasteiger partial charge on any atom is 0.232 e. The van der Waals surface area contributed by atoms with Crippen LogP contribution in [0.5, 0.6) is 34.5 Å². The van der Waals surface area contributed by atoms with Crippen LogP contribution in [0.15, 0.2) is 48.2 Å². The minimum atomic E-state index is -0.160. The highest BCUT2D eigenvalue weighted by Gasteiger charge is 2.35. The van der Waals surface area contributed by atoms with Gasteiger partial charge in [0.1, 0.15) is 29.7 Å². The fraction of sp³-hybridized carbons (Fsp3) is 0.300. The van der Waals surface area contributed by atoms with Crippen LogP contribution in [0.25, 0.3) is 6.08 Å². The van der Waals surface area contributed by atoms with Crippen molar-refractivity contribution in [2.75, 3.05) is 41.7 Å². The number of nitrogens with zero attached hydrogens (tertiary/aromatic N) is 1. The summed E-state index contributed by atoms with van der Waals surface area (Å²) < 4.78 is 33.9. The quantitative estimate of drug-likeness (QED) is 0.385. The number of allylic oxidation sites excluding steroid dienone is 1. The van der Waals surface area contributed by atoms with Crippen molar-refractivity contribution in [3.63, 3.8) is 0 Å². The minimum Gasteiger partial charge on any atom is -0.497 e. The van der Waals surface area contributed by atoms with Gasteiger partial charge < -0.3 is 28.4 Å². The Morgan fingerprint density at radius 2 is 1.68 bits per heavy atom. The fourth-order valence-electron chi connectivity index (χ4n) is 4.84. The lowest BCUT2D eigenvalue weighted by atomic mass is 9.98. The van der Waals surface area contributed by atoms with Crippen molar-refractivity contribution in [1.29, 1.82) is 0 Å². The van der Waals surface area contributed by atoms with E-state index in [1.54, 1.807) is 46.6 Å². The summed E-state index contributed by atoms with van der Waals surface area (Å²) in [4.78, 5) is 15.6. The molecule has 0 bridgehead atoms. The van der Waals surface area contributed by atoms with E-state index >= 15 is 0 Å². The molecule has 0 atom stereocenters. The largest absolute Gasteiger partial charge is 0.497 e. The normalized spacial score (nSPS) is 15.4. The van der Waals surface area contributed by atoms with Crippen LogP contribution in [0.4, 0.5) is 0 Å². The van der Waals surface area contributed by atoms with E-state index in [0.29, 0.717) is 53.2 Å². The first-order chi connectivity index (χ1) is 18.4. The molecule has 5 rings (SSSR count). The van der Waals surface area contributed by atoms with Gasteiger partial charge in [-0.05, 0) is 66.9 Å². The number of methoxy groups -OCH3 is 4. The maximum absolute atomic E-state index is 13.4. The number of ether oxygens (including phenoxy) is 6. The van der Waals surface area contributed by atoms with Gasteiger partial charge >= 0.3 is 0 Å². The second-order valence-corrected chi connectivity index (χ2v) is 9.19. The van der Waals surface area contributed by atoms with Gasteiger partial charge in [0.05, 0.1) is 39.6 Å². The first-order valence-corrected chi connectivity index (χ1v) is 12.3. The zero-order valence-electron chi connectivity index (χ0n) is 22.3. The Balaban J connectivity index is 1.39. The molecule has 0 fully saturated rings. The summed E-state index contributed by atoms with van der Waals surface area (Å²) in [6.07, 6.45) is 2.50. The molecule has 0 unspecified atom stereocenters. The number of carbonyl (C=O) groups is 1. The smallest absolute Gasteiger partial charge is 0.232 e. The Bertz CT molecular complexity index is 1410. The third-order valence-electron chi connectivity index (χ3n) is 6.88. The number of hydrogen-bond acceptors (Lipinski definition) is 8. The van der Waals surface area contributed by atoms with Crippen molar-refractivity contribution >= 4 is 11.9 Å². The Hall–Kier alpha value is -4.17. The number of fused-ring (bicyclic) bond motifs is 3. The number of carbonyl (C=O) groups excluding carboxylic acids is 1. The molecule has 8 heteroatoms. The summed E-state index contributed by atoms with van der Waals surface area (Å²) >= 11 is 0. The van der Waals surface area contributed by atoms with Crippen LogP contribution < -0.4 is 28.4 Å². The third kappa shape index (κ3) is 4.75. The summed E-state index contributed by atoms with van der Waals surface area (Å²) in [5, 5.41) is 0. The summed E-state index contributed by atoms with van der Waals surface area (Å²) in [7, 11) is 6.44. The van der Waals surface area contributed by atoms with E-state index in [-0.39, 0.29) is 11.5 Å². The first kappa shape index (κ1) is 25.5. The van der Waals surface area contributed by atoms with Crippen molar-refractivity contribution < 1.29 is 33.2 Å². The molecule has 38 heavy (non-hydrogen) atoms. The molecule has 3 aromatic rings. The molecule has 198 valence electrons. The van der Waals surface area contributed by atoms with Crippen molar-refractivity contribution in [3.8, 4) is 34.5 Å². The lowest BCUT2D eigenvalue weighted by molar-refractivity contribution is 0.0949.